The number of aliphatic hydroxyl groups is 1. The number of rotatable bonds is 7. The van der Waals surface area contributed by atoms with E-state index in [4.69, 9.17) is 14.6 Å². The molecule has 4 aliphatic carbocycles. The van der Waals surface area contributed by atoms with Crippen LogP contribution >= 0.6 is 0 Å². The van der Waals surface area contributed by atoms with E-state index in [1.54, 1.807) is 0 Å². The van der Waals surface area contributed by atoms with E-state index in [0.717, 1.165) is 44.9 Å². The SMILES string of the molecule is C=CC(=O)OC12CC3CC(CC(OCCCCO)(C3)C1)C2. The molecule has 0 amide bonds. The lowest BCUT2D eigenvalue weighted by Gasteiger charge is -2.60. The van der Waals surface area contributed by atoms with Gasteiger partial charge in [-0.3, -0.25) is 0 Å². The highest BCUT2D eigenvalue weighted by molar-refractivity contribution is 5.81. The summed E-state index contributed by atoms with van der Waals surface area (Å²) in [4.78, 5) is 11.7. The summed E-state index contributed by atoms with van der Waals surface area (Å²) in [6.07, 6.45) is 9.25. The summed E-state index contributed by atoms with van der Waals surface area (Å²) in [7, 11) is 0. The Morgan fingerprint density at radius 1 is 1.19 bits per heavy atom. The van der Waals surface area contributed by atoms with E-state index in [0.29, 0.717) is 18.4 Å². The van der Waals surface area contributed by atoms with Crippen LogP contribution in [0.4, 0.5) is 0 Å². The first-order valence-corrected chi connectivity index (χ1v) is 8.19. The van der Waals surface area contributed by atoms with Crippen LogP contribution in [-0.2, 0) is 14.3 Å². The summed E-state index contributed by atoms with van der Waals surface area (Å²) in [6.45, 7) is 4.44. The van der Waals surface area contributed by atoms with Gasteiger partial charge in [0.25, 0.3) is 0 Å². The smallest absolute Gasteiger partial charge is 0.330 e. The highest BCUT2D eigenvalue weighted by atomic mass is 16.6. The fourth-order valence-corrected chi connectivity index (χ4v) is 5.14. The van der Waals surface area contributed by atoms with Crippen molar-refractivity contribution in [2.24, 2.45) is 11.8 Å². The summed E-state index contributed by atoms with van der Waals surface area (Å²) in [6, 6.07) is 0. The number of aliphatic hydroxyl groups excluding tert-OH is 1. The molecule has 1 N–H and O–H groups in total. The van der Waals surface area contributed by atoms with Gasteiger partial charge in [0.2, 0.25) is 0 Å². The molecule has 0 aromatic rings. The zero-order valence-electron chi connectivity index (χ0n) is 12.7. The Hall–Kier alpha value is -0.870. The van der Waals surface area contributed by atoms with Crippen molar-refractivity contribution in [2.45, 2.75) is 62.6 Å². The zero-order chi connectivity index (χ0) is 14.9. The van der Waals surface area contributed by atoms with Crippen molar-refractivity contribution in [3.8, 4) is 0 Å². The normalized spacial score (nSPS) is 40.2. The van der Waals surface area contributed by atoms with Gasteiger partial charge in [0.15, 0.2) is 0 Å². The minimum Gasteiger partial charge on any atom is -0.456 e. The topological polar surface area (TPSA) is 55.8 Å². The average molecular weight is 294 g/mol. The van der Waals surface area contributed by atoms with E-state index in [2.05, 4.69) is 6.58 Å². The summed E-state index contributed by atoms with van der Waals surface area (Å²) in [5.41, 5.74) is -0.409. The second-order valence-electron chi connectivity index (χ2n) is 7.23. The Balaban J connectivity index is 1.69. The van der Waals surface area contributed by atoms with Gasteiger partial charge in [0.1, 0.15) is 5.60 Å². The monoisotopic (exact) mass is 294 g/mol. The van der Waals surface area contributed by atoms with Crippen LogP contribution in [0.2, 0.25) is 0 Å². The third kappa shape index (κ3) is 3.02. The van der Waals surface area contributed by atoms with Crippen molar-refractivity contribution in [2.75, 3.05) is 13.2 Å². The maximum absolute atomic E-state index is 11.7. The molecule has 4 saturated carbocycles. The van der Waals surface area contributed by atoms with E-state index >= 15 is 0 Å². The van der Waals surface area contributed by atoms with Gasteiger partial charge in [-0.05, 0) is 56.8 Å². The number of carbonyl (C=O) groups is 1. The van der Waals surface area contributed by atoms with Crippen molar-refractivity contribution < 1.29 is 19.4 Å². The molecule has 4 bridgehead atoms. The van der Waals surface area contributed by atoms with Crippen molar-refractivity contribution in [1.82, 2.24) is 0 Å². The Morgan fingerprint density at radius 3 is 2.48 bits per heavy atom. The second-order valence-corrected chi connectivity index (χ2v) is 7.23. The van der Waals surface area contributed by atoms with E-state index in [1.165, 1.54) is 12.5 Å². The molecule has 0 saturated heterocycles. The van der Waals surface area contributed by atoms with Crippen LogP contribution < -0.4 is 0 Å². The predicted molar refractivity (Wildman–Crippen MR) is 78.7 cm³/mol. The first-order valence-electron chi connectivity index (χ1n) is 8.19. The van der Waals surface area contributed by atoms with E-state index in [9.17, 15) is 4.79 Å². The Bertz CT molecular complexity index is 403. The Kier molecular flexibility index (Phi) is 4.10. The Labute approximate surface area is 126 Å². The quantitative estimate of drug-likeness (QED) is 0.445. The van der Waals surface area contributed by atoms with Crippen LogP contribution in [0.25, 0.3) is 0 Å². The molecule has 0 aromatic carbocycles. The number of carbonyl (C=O) groups excluding carboxylic acids is 1. The third-order valence-electron chi connectivity index (χ3n) is 5.40. The number of hydrogen-bond acceptors (Lipinski definition) is 4. The maximum atomic E-state index is 11.7. The molecule has 4 nitrogen and oxygen atoms in total. The lowest BCUT2D eigenvalue weighted by atomic mass is 9.52. The van der Waals surface area contributed by atoms with Crippen LogP contribution in [0, 0.1) is 11.8 Å². The van der Waals surface area contributed by atoms with Crippen LogP contribution in [0.15, 0.2) is 12.7 Å². The second kappa shape index (κ2) is 5.73. The number of hydrogen-bond donors (Lipinski definition) is 1. The molecule has 0 spiro atoms. The Morgan fingerprint density at radius 2 is 1.86 bits per heavy atom. The summed E-state index contributed by atoms with van der Waals surface area (Å²) in [5, 5.41) is 8.87. The van der Waals surface area contributed by atoms with Gasteiger partial charge in [-0.25, -0.2) is 4.79 Å². The summed E-state index contributed by atoms with van der Waals surface area (Å²) in [5.74, 6) is 0.954. The molecule has 118 valence electrons. The molecular weight excluding hydrogens is 268 g/mol. The maximum Gasteiger partial charge on any atom is 0.330 e. The molecule has 2 atom stereocenters. The van der Waals surface area contributed by atoms with Crippen molar-refractivity contribution in [3.63, 3.8) is 0 Å². The van der Waals surface area contributed by atoms with Crippen LogP contribution in [0.5, 0.6) is 0 Å². The molecule has 2 unspecified atom stereocenters. The van der Waals surface area contributed by atoms with Gasteiger partial charge in [0, 0.05) is 25.7 Å². The average Bonchev–Trinajstić information content (AvgIpc) is 2.41. The molecular formula is C17H26O4. The van der Waals surface area contributed by atoms with Crippen molar-refractivity contribution in [3.05, 3.63) is 12.7 Å². The molecule has 0 heterocycles. The molecule has 4 fully saturated rings. The van der Waals surface area contributed by atoms with Crippen molar-refractivity contribution in [1.29, 1.82) is 0 Å². The molecule has 0 radical (unpaired) electrons. The molecule has 0 aliphatic heterocycles. The molecule has 4 heteroatoms. The van der Waals surface area contributed by atoms with Gasteiger partial charge in [-0.15, -0.1) is 0 Å². The fraction of sp³-hybridized carbons (Fsp3) is 0.824. The van der Waals surface area contributed by atoms with E-state index in [1.807, 2.05) is 0 Å². The molecule has 21 heavy (non-hydrogen) atoms. The minimum atomic E-state index is -0.313. The predicted octanol–water partition coefficient (Wildman–Crippen LogP) is 2.60. The van der Waals surface area contributed by atoms with Gasteiger partial charge >= 0.3 is 5.97 Å². The third-order valence-corrected chi connectivity index (χ3v) is 5.40. The van der Waals surface area contributed by atoms with Crippen LogP contribution in [0.3, 0.4) is 0 Å². The largest absolute Gasteiger partial charge is 0.456 e. The van der Waals surface area contributed by atoms with E-state index in [-0.39, 0.29) is 23.8 Å². The molecule has 4 rings (SSSR count). The highest BCUT2D eigenvalue weighted by Gasteiger charge is 2.60. The highest BCUT2D eigenvalue weighted by Crippen LogP contribution is 2.60. The first kappa shape index (κ1) is 15.0. The number of esters is 1. The lowest BCUT2D eigenvalue weighted by molar-refractivity contribution is -0.231. The standard InChI is InChI=1S/C17H26O4/c1-2-15(19)21-17-10-13-7-14(11-17)9-16(8-13,12-17)20-6-4-3-5-18/h2,13-14,18H,1,3-12H2. The lowest BCUT2D eigenvalue weighted by Crippen LogP contribution is -2.61. The van der Waals surface area contributed by atoms with Crippen LogP contribution in [0.1, 0.15) is 51.4 Å². The van der Waals surface area contributed by atoms with Gasteiger partial charge in [-0.2, -0.15) is 0 Å². The first-order chi connectivity index (χ1) is 10.1. The molecule has 4 aliphatic rings. The minimum absolute atomic E-state index is 0.0962. The zero-order valence-corrected chi connectivity index (χ0v) is 12.7. The van der Waals surface area contributed by atoms with Crippen LogP contribution in [-0.4, -0.2) is 35.5 Å². The number of unbranched alkanes of at least 4 members (excludes halogenated alkanes) is 1. The number of ether oxygens (including phenoxy) is 2. The van der Waals surface area contributed by atoms with E-state index < -0.39 is 0 Å². The fourth-order valence-electron chi connectivity index (χ4n) is 5.14. The van der Waals surface area contributed by atoms with Gasteiger partial charge in [0.05, 0.1) is 5.60 Å². The van der Waals surface area contributed by atoms with Crippen molar-refractivity contribution >= 4 is 5.97 Å². The van der Waals surface area contributed by atoms with Gasteiger partial charge in [-0.1, -0.05) is 6.58 Å². The summed E-state index contributed by atoms with van der Waals surface area (Å²) >= 11 is 0. The summed E-state index contributed by atoms with van der Waals surface area (Å²) < 4.78 is 12.0. The molecule has 0 aromatic heterocycles. The van der Waals surface area contributed by atoms with Gasteiger partial charge < -0.3 is 14.6 Å².